The molecule has 0 saturated carbocycles. The molecule has 1 N–H and O–H groups in total. The molecular formula is C14H11N3O4S2. The van der Waals surface area contributed by atoms with Gasteiger partial charge in [-0.25, -0.2) is 0 Å². The number of nitrogens with one attached hydrogen (secondary N) is 1. The fraction of sp³-hybridized carbons (Fsp3) is 0.143. The molecule has 3 rings (SSSR count). The molecule has 2 aromatic rings. The Morgan fingerprint density at radius 3 is 3.04 bits per heavy atom. The van der Waals surface area contributed by atoms with E-state index < -0.39 is 0 Å². The number of aromatic nitrogens is 2. The number of thiocarbonyl (C=S) groups is 1. The van der Waals surface area contributed by atoms with Crippen LogP contribution in [0.25, 0.3) is 6.08 Å². The van der Waals surface area contributed by atoms with Crippen LogP contribution in [0.3, 0.4) is 0 Å². The fourth-order valence-corrected chi connectivity index (χ4v) is 2.95. The van der Waals surface area contributed by atoms with Crippen LogP contribution in [-0.4, -0.2) is 15.4 Å². The molecule has 1 aliphatic heterocycles. The predicted octanol–water partition coefficient (Wildman–Crippen LogP) is 1.68. The molecule has 0 aliphatic carbocycles. The van der Waals surface area contributed by atoms with Crippen molar-refractivity contribution in [2.24, 2.45) is 0 Å². The third kappa shape index (κ3) is 3.51. The largest absolute Gasteiger partial charge is 0.485 e. The van der Waals surface area contributed by atoms with E-state index in [1.54, 1.807) is 31.2 Å². The minimum absolute atomic E-state index is 0.0399. The van der Waals surface area contributed by atoms with Crippen LogP contribution < -0.4 is 15.0 Å². The molecule has 1 amide bonds. The minimum Gasteiger partial charge on any atom is -0.485 e. The van der Waals surface area contributed by atoms with Gasteiger partial charge in [0.05, 0.1) is 4.91 Å². The maximum Gasteiger partial charge on any atom is 0.263 e. The second kappa shape index (κ2) is 6.39. The number of aryl methyl sites for hydroxylation is 1. The first kappa shape index (κ1) is 15.5. The zero-order chi connectivity index (χ0) is 16.4. The van der Waals surface area contributed by atoms with Crippen LogP contribution in [0, 0.1) is 12.1 Å². The molecule has 118 valence electrons. The molecule has 0 atom stereocenters. The van der Waals surface area contributed by atoms with Crippen LogP contribution in [0.1, 0.15) is 17.0 Å². The van der Waals surface area contributed by atoms with Crippen molar-refractivity contribution in [2.45, 2.75) is 13.5 Å². The Hall–Kier alpha value is -2.39. The summed E-state index contributed by atoms with van der Waals surface area (Å²) >= 11 is 6.16. The van der Waals surface area contributed by atoms with E-state index in [0.717, 1.165) is 5.56 Å². The number of benzene rings is 1. The summed E-state index contributed by atoms with van der Waals surface area (Å²) in [6, 6.07) is 7.16. The van der Waals surface area contributed by atoms with E-state index in [4.69, 9.17) is 17.0 Å². The Labute approximate surface area is 140 Å². The summed E-state index contributed by atoms with van der Waals surface area (Å²) in [5, 5.41) is 17.5. The molecule has 0 spiro atoms. The highest BCUT2D eigenvalue weighted by atomic mass is 32.2. The number of carbonyl (C=O) groups excluding carboxylic acids is 1. The van der Waals surface area contributed by atoms with Crippen LogP contribution in [-0.2, 0) is 11.4 Å². The lowest BCUT2D eigenvalue weighted by Crippen LogP contribution is -2.29. The lowest BCUT2D eigenvalue weighted by molar-refractivity contribution is -0.808. The van der Waals surface area contributed by atoms with Crippen molar-refractivity contribution in [1.82, 2.24) is 10.5 Å². The van der Waals surface area contributed by atoms with Gasteiger partial charge in [-0.05, 0) is 28.7 Å². The van der Waals surface area contributed by atoms with Crippen LogP contribution in [0.4, 0.5) is 0 Å². The van der Waals surface area contributed by atoms with Crippen LogP contribution >= 0.6 is 24.0 Å². The molecule has 0 radical (unpaired) electrons. The van der Waals surface area contributed by atoms with Gasteiger partial charge in [-0.2, -0.15) is 0 Å². The summed E-state index contributed by atoms with van der Waals surface area (Å²) in [4.78, 5) is 12.5. The number of thioether (sulfide) groups is 1. The number of nitrogens with zero attached hydrogens (tertiary/aromatic N) is 2. The SMILES string of the molecule is Cc1no[n+]([O-])c1COc1cccc(C=C2SC(=S)NC2=O)c1. The second-order valence-corrected chi connectivity index (χ2v) is 6.39. The van der Waals surface area contributed by atoms with Crippen molar-refractivity contribution in [2.75, 3.05) is 0 Å². The molecule has 1 aromatic heterocycles. The van der Waals surface area contributed by atoms with Crippen LogP contribution in [0.2, 0.25) is 0 Å². The van der Waals surface area contributed by atoms with Gasteiger partial charge in [-0.15, -0.1) is 0 Å². The van der Waals surface area contributed by atoms with E-state index in [9.17, 15) is 10.0 Å². The lowest BCUT2D eigenvalue weighted by atomic mass is 10.2. The molecule has 2 heterocycles. The van der Waals surface area contributed by atoms with E-state index in [-0.39, 0.29) is 12.5 Å². The Bertz CT molecular complexity index is 797. The molecule has 0 bridgehead atoms. The quantitative estimate of drug-likeness (QED) is 0.510. The zero-order valence-electron chi connectivity index (χ0n) is 11.9. The van der Waals surface area contributed by atoms with Crippen LogP contribution in [0.15, 0.2) is 33.8 Å². The lowest BCUT2D eigenvalue weighted by Gasteiger charge is -2.05. The summed E-state index contributed by atoms with van der Waals surface area (Å²) in [7, 11) is 0. The van der Waals surface area contributed by atoms with Crippen LogP contribution in [0.5, 0.6) is 5.75 Å². The summed E-state index contributed by atoms with van der Waals surface area (Å²) in [5.74, 6) is 0.352. The average Bonchev–Trinajstić information content (AvgIpc) is 3.00. The number of rotatable bonds is 4. The van der Waals surface area contributed by atoms with Crippen molar-refractivity contribution in [3.05, 3.63) is 51.3 Å². The van der Waals surface area contributed by atoms with E-state index in [1.807, 2.05) is 6.07 Å². The first-order chi connectivity index (χ1) is 11.0. The third-order valence-corrected chi connectivity index (χ3v) is 4.23. The number of ether oxygens (including phenoxy) is 1. The van der Waals surface area contributed by atoms with E-state index >= 15 is 0 Å². The molecule has 1 fully saturated rings. The Balaban J connectivity index is 1.74. The summed E-state index contributed by atoms with van der Waals surface area (Å²) in [5.41, 5.74) is 1.58. The van der Waals surface area contributed by atoms with Gasteiger partial charge >= 0.3 is 0 Å². The molecular weight excluding hydrogens is 338 g/mol. The number of hydrogen-bond acceptors (Lipinski definition) is 7. The van der Waals surface area contributed by atoms with Gasteiger partial charge in [0.2, 0.25) is 11.4 Å². The monoisotopic (exact) mass is 349 g/mol. The Morgan fingerprint density at radius 2 is 2.39 bits per heavy atom. The molecule has 23 heavy (non-hydrogen) atoms. The minimum atomic E-state index is -0.209. The van der Waals surface area contributed by atoms with Crippen molar-refractivity contribution >= 4 is 40.3 Å². The normalized spacial score (nSPS) is 16.0. The summed E-state index contributed by atoms with van der Waals surface area (Å²) in [6.45, 7) is 1.70. The van der Waals surface area contributed by atoms with Crippen molar-refractivity contribution in [1.29, 1.82) is 0 Å². The van der Waals surface area contributed by atoms with Gasteiger partial charge in [-0.3, -0.25) is 9.42 Å². The standard InChI is InChI=1S/C14H11N3O4S2/c1-8-11(17(19)21-16-8)7-20-10-4-2-3-9(5-10)6-12-13(18)15-14(22)23-12/h2-6H,7H2,1H3,(H,15,18,22). The maximum atomic E-state index is 11.7. The third-order valence-electron chi connectivity index (χ3n) is 3.06. The van der Waals surface area contributed by atoms with E-state index in [0.29, 0.717) is 31.3 Å². The van der Waals surface area contributed by atoms with Gasteiger partial charge in [0.15, 0.2) is 6.61 Å². The first-order valence-electron chi connectivity index (χ1n) is 6.56. The smallest absolute Gasteiger partial charge is 0.263 e. The molecule has 1 aromatic carbocycles. The average molecular weight is 349 g/mol. The van der Waals surface area contributed by atoms with Gasteiger partial charge in [0, 0.05) is 12.1 Å². The second-order valence-electron chi connectivity index (χ2n) is 4.68. The molecule has 1 saturated heterocycles. The number of hydrogen-bond donors (Lipinski definition) is 1. The highest BCUT2D eigenvalue weighted by Crippen LogP contribution is 2.27. The van der Waals surface area contributed by atoms with Gasteiger partial charge in [-0.1, -0.05) is 36.1 Å². The fourth-order valence-electron chi connectivity index (χ4n) is 1.91. The number of amides is 1. The van der Waals surface area contributed by atoms with E-state index in [2.05, 4.69) is 15.1 Å². The van der Waals surface area contributed by atoms with Crippen molar-refractivity contribution < 1.29 is 19.1 Å². The number of carbonyl (C=O) groups is 1. The zero-order valence-corrected chi connectivity index (χ0v) is 13.6. The van der Waals surface area contributed by atoms with Gasteiger partial charge in [0.25, 0.3) is 5.91 Å². The van der Waals surface area contributed by atoms with E-state index in [1.165, 1.54) is 11.8 Å². The van der Waals surface area contributed by atoms with Gasteiger partial charge < -0.3 is 15.3 Å². The maximum absolute atomic E-state index is 11.7. The highest BCUT2D eigenvalue weighted by molar-refractivity contribution is 8.26. The summed E-state index contributed by atoms with van der Waals surface area (Å²) < 4.78 is 10.5. The first-order valence-corrected chi connectivity index (χ1v) is 7.78. The predicted molar refractivity (Wildman–Crippen MR) is 87.3 cm³/mol. The molecule has 9 heteroatoms. The Morgan fingerprint density at radius 1 is 1.57 bits per heavy atom. The molecule has 0 unspecified atom stereocenters. The van der Waals surface area contributed by atoms with Gasteiger partial charge in [0.1, 0.15) is 10.1 Å². The molecule has 7 nitrogen and oxygen atoms in total. The molecule has 1 aliphatic rings. The van der Waals surface area contributed by atoms with Crippen molar-refractivity contribution in [3.8, 4) is 5.75 Å². The highest BCUT2D eigenvalue weighted by Gasteiger charge is 2.22. The Kier molecular flexibility index (Phi) is 4.30. The summed E-state index contributed by atoms with van der Waals surface area (Å²) in [6.07, 6.45) is 1.73. The van der Waals surface area contributed by atoms with Crippen molar-refractivity contribution in [3.63, 3.8) is 0 Å². The topological polar surface area (TPSA) is 91.3 Å².